The van der Waals surface area contributed by atoms with Gasteiger partial charge in [-0.05, 0) is 0 Å². The van der Waals surface area contributed by atoms with Crippen LogP contribution in [-0.2, 0) is 0 Å². The molecule has 1 heterocycles. The van der Waals surface area contributed by atoms with E-state index in [4.69, 9.17) is 8.51 Å². The van der Waals surface area contributed by atoms with Gasteiger partial charge >= 0.3 is 85.4 Å². The van der Waals surface area contributed by atoms with Crippen LogP contribution in [0.4, 0.5) is 26.3 Å². The molecule has 10 heteroatoms. The summed E-state index contributed by atoms with van der Waals surface area (Å²) in [5.41, 5.74) is -3.79. The third-order valence-corrected chi connectivity index (χ3v) is 6.20. The van der Waals surface area contributed by atoms with Gasteiger partial charge in [-0.3, -0.25) is 0 Å². The van der Waals surface area contributed by atoms with Crippen molar-refractivity contribution in [2.75, 3.05) is 0 Å². The Hall–Kier alpha value is 0.0931. The van der Waals surface area contributed by atoms with Crippen LogP contribution < -0.4 is 3.26 Å². The summed E-state index contributed by atoms with van der Waals surface area (Å²) in [7, 11) is 5.21. The van der Waals surface area contributed by atoms with E-state index in [1.165, 1.54) is 0 Å². The van der Waals surface area contributed by atoms with Crippen LogP contribution in [-0.4, -0.2) is 33.0 Å². The fourth-order valence-electron chi connectivity index (χ4n) is 0.755. The molecule has 1 atom stereocenters. The van der Waals surface area contributed by atoms with E-state index in [0.717, 1.165) is 0 Å². The summed E-state index contributed by atoms with van der Waals surface area (Å²) in [4.78, 5) is 0. The van der Waals surface area contributed by atoms with E-state index in [1.807, 2.05) is 0 Å². The van der Waals surface area contributed by atoms with Crippen molar-refractivity contribution in [3.8, 4) is 0 Å². The van der Waals surface area contributed by atoms with Gasteiger partial charge in [-0.1, -0.05) is 0 Å². The summed E-state index contributed by atoms with van der Waals surface area (Å²) in [6.07, 6.45) is -10.2. The Labute approximate surface area is 85.5 Å². The van der Waals surface area contributed by atoms with Gasteiger partial charge in [-0.2, -0.15) is 0 Å². The van der Waals surface area contributed by atoms with Crippen LogP contribution in [0.5, 0.6) is 0 Å². The second-order valence-corrected chi connectivity index (χ2v) is 9.49. The molecule has 0 aromatic rings. The number of halogens is 7. The maximum atomic E-state index is 12.0. The van der Waals surface area contributed by atoms with Crippen LogP contribution in [0, 0.1) is 0 Å². The first-order valence-corrected chi connectivity index (χ1v) is 11.5. The van der Waals surface area contributed by atoms with Crippen LogP contribution in [0.1, 0.15) is 0 Å². The number of hydrogen-bond donors (Lipinski definition) is 1. The normalized spacial score (nSPS) is 23.5. The van der Waals surface area contributed by atoms with Gasteiger partial charge in [0.15, 0.2) is 0 Å². The SMILES string of the molecule is FC(F)(F)C1=C(C(F)(F)F)[NH][BiH]([Cl])=[N]1. The topological polar surface area (TPSA) is 24.4 Å². The van der Waals surface area contributed by atoms with Crippen LogP contribution >= 0.6 is 8.51 Å². The molecule has 1 aliphatic heterocycles. The van der Waals surface area contributed by atoms with Crippen molar-refractivity contribution >= 4 is 29.2 Å². The van der Waals surface area contributed by atoms with Crippen LogP contribution in [0.25, 0.3) is 0 Å². The Bertz CT molecular complexity index is 315. The molecule has 14 heavy (non-hydrogen) atoms. The zero-order valence-electron chi connectivity index (χ0n) is 6.09. The fourth-order valence-corrected chi connectivity index (χ4v) is 6.05. The quantitative estimate of drug-likeness (QED) is 0.457. The number of rotatable bonds is 0. The van der Waals surface area contributed by atoms with E-state index in [-0.39, 0.29) is 0 Å². The maximum absolute atomic E-state index is 12.0. The third kappa shape index (κ3) is 2.56. The predicted molar refractivity (Wildman–Crippen MR) is 37.7 cm³/mol. The molecule has 0 bridgehead atoms. The van der Waals surface area contributed by atoms with Gasteiger partial charge in [0.1, 0.15) is 0 Å². The zero-order chi connectivity index (χ0) is 11.1. The van der Waals surface area contributed by atoms with Crippen LogP contribution in [0.15, 0.2) is 14.3 Å². The second-order valence-electron chi connectivity index (χ2n) is 2.25. The molecule has 1 rings (SSSR count). The fraction of sp³-hybridized carbons (Fsp3) is 0.500. The summed E-state index contributed by atoms with van der Waals surface area (Å²) < 4.78 is 76.4. The van der Waals surface area contributed by atoms with Crippen LogP contribution in [0.2, 0.25) is 0 Å². The summed E-state index contributed by atoms with van der Waals surface area (Å²) in [6.45, 7) is 0. The molecule has 0 aromatic carbocycles. The molecule has 0 spiro atoms. The molecule has 1 aliphatic rings. The summed E-state index contributed by atoms with van der Waals surface area (Å²) in [5.74, 6) is 0. The van der Waals surface area contributed by atoms with E-state index in [2.05, 4.69) is 2.87 Å². The predicted octanol–water partition coefficient (Wildman–Crippen LogP) is 2.15. The number of alkyl halides is 6. The summed E-state index contributed by atoms with van der Waals surface area (Å²) in [6, 6.07) is 0. The van der Waals surface area contributed by atoms with E-state index in [1.54, 1.807) is 3.26 Å². The zero-order valence-corrected chi connectivity index (χ0v) is 10.7. The molecule has 0 saturated carbocycles. The summed E-state index contributed by atoms with van der Waals surface area (Å²) in [5, 5.41) is 0. The molecular formula is C4H2BiClF6N2. The van der Waals surface area contributed by atoms with Crippen LogP contribution in [0.3, 0.4) is 0 Å². The molecule has 0 radical (unpaired) electrons. The van der Waals surface area contributed by atoms with Gasteiger partial charge in [-0.15, -0.1) is 0 Å². The minimum atomic E-state index is -5.11. The van der Waals surface area contributed by atoms with Crippen molar-refractivity contribution in [3.05, 3.63) is 11.4 Å². The Morgan fingerprint density at radius 3 is 1.86 bits per heavy atom. The minimum absolute atomic E-state index is 1.60. The van der Waals surface area contributed by atoms with E-state index >= 15 is 0 Å². The average Bonchev–Trinajstić information content (AvgIpc) is 2.27. The molecule has 82 valence electrons. The van der Waals surface area contributed by atoms with E-state index in [9.17, 15) is 26.3 Å². The van der Waals surface area contributed by atoms with Gasteiger partial charge in [0.05, 0.1) is 0 Å². The molecule has 0 aliphatic carbocycles. The van der Waals surface area contributed by atoms with Gasteiger partial charge < -0.3 is 0 Å². The molecule has 2 nitrogen and oxygen atoms in total. The monoisotopic (exact) mass is 436 g/mol. The standard InChI is InChI=1S/C4HF6N2.Bi.ClH.H/c5-3(6,7)1(11)2(12)4(8,9)10;;;/h11H;;1H;/q-1;+2;;/p-1. The second kappa shape index (κ2) is 3.59. The number of hydrogen-bond acceptors (Lipinski definition) is 2. The van der Waals surface area contributed by atoms with Gasteiger partial charge in [0, 0.05) is 0 Å². The first-order valence-electron chi connectivity index (χ1n) is 3.02. The van der Waals surface area contributed by atoms with Crippen molar-refractivity contribution in [1.82, 2.24) is 3.26 Å². The first-order chi connectivity index (χ1) is 6.12. The van der Waals surface area contributed by atoms with E-state index < -0.39 is 44.4 Å². The van der Waals surface area contributed by atoms with Crippen molar-refractivity contribution < 1.29 is 26.3 Å². The number of nitrogens with one attached hydrogen (secondary N) is 1. The summed E-state index contributed by atoms with van der Waals surface area (Å²) >= 11 is -3.72. The molecule has 1 N–H and O–H groups in total. The molecule has 0 aromatic heterocycles. The Morgan fingerprint density at radius 2 is 1.57 bits per heavy atom. The number of allylic oxidation sites excluding steroid dienone is 2. The molecule has 1 unspecified atom stereocenters. The van der Waals surface area contributed by atoms with Crippen molar-refractivity contribution in [1.29, 1.82) is 0 Å². The third-order valence-electron chi connectivity index (χ3n) is 1.23. The Morgan fingerprint density at radius 1 is 1.07 bits per heavy atom. The van der Waals surface area contributed by atoms with E-state index in [0.29, 0.717) is 0 Å². The van der Waals surface area contributed by atoms with Crippen molar-refractivity contribution in [2.45, 2.75) is 12.4 Å². The molecular weight excluding hydrogens is 434 g/mol. The van der Waals surface area contributed by atoms with Crippen molar-refractivity contribution in [2.24, 2.45) is 2.87 Å². The molecule has 0 saturated heterocycles. The Kier molecular flexibility index (Phi) is 3.12. The first kappa shape index (κ1) is 12.2. The number of nitrogens with zero attached hydrogens (tertiary/aromatic N) is 1. The Balaban J connectivity index is 3.17. The van der Waals surface area contributed by atoms with Gasteiger partial charge in [0.2, 0.25) is 0 Å². The van der Waals surface area contributed by atoms with Gasteiger partial charge in [-0.25, -0.2) is 0 Å². The average molecular weight is 436 g/mol. The molecule has 0 fully saturated rings. The van der Waals surface area contributed by atoms with Crippen molar-refractivity contribution in [3.63, 3.8) is 0 Å². The molecule has 0 amide bonds. The van der Waals surface area contributed by atoms with Gasteiger partial charge in [0.25, 0.3) is 0 Å².